The molecule has 72 valence electrons. The van der Waals surface area contributed by atoms with Gasteiger partial charge in [0.05, 0.1) is 6.10 Å². The van der Waals surface area contributed by atoms with Crippen LogP contribution in [0, 0.1) is 0 Å². The van der Waals surface area contributed by atoms with Gasteiger partial charge in [-0.25, -0.2) is 0 Å². The van der Waals surface area contributed by atoms with Crippen LogP contribution in [0.1, 0.15) is 24.8 Å². The van der Waals surface area contributed by atoms with Gasteiger partial charge in [0.25, 0.3) is 0 Å². The lowest BCUT2D eigenvalue weighted by Gasteiger charge is -2.15. The molecule has 1 aromatic heterocycles. The second-order valence-electron chi connectivity index (χ2n) is 3.30. The van der Waals surface area contributed by atoms with Crippen LogP contribution in [0.15, 0.2) is 6.33 Å². The van der Waals surface area contributed by atoms with Crippen molar-refractivity contribution in [1.82, 2.24) is 14.8 Å². The predicted octanol–water partition coefficient (Wildman–Crippen LogP) is 0.0275. The summed E-state index contributed by atoms with van der Waals surface area (Å²) in [5.41, 5.74) is 0. The van der Waals surface area contributed by atoms with Crippen molar-refractivity contribution in [2.45, 2.75) is 25.0 Å². The third-order valence-corrected chi connectivity index (χ3v) is 2.33. The molecule has 1 aliphatic rings. The number of ether oxygens (including phenoxy) is 1. The van der Waals surface area contributed by atoms with E-state index in [1.807, 2.05) is 7.05 Å². The van der Waals surface area contributed by atoms with E-state index in [0.717, 1.165) is 19.4 Å². The molecular formula is C8H13N3O2. The maximum Gasteiger partial charge on any atom is 0.164 e. The number of aryl methyl sites for hydroxylation is 1. The van der Waals surface area contributed by atoms with Gasteiger partial charge >= 0.3 is 0 Å². The zero-order valence-electron chi connectivity index (χ0n) is 7.55. The molecule has 1 fully saturated rings. The van der Waals surface area contributed by atoms with Gasteiger partial charge in [-0.2, -0.15) is 0 Å². The van der Waals surface area contributed by atoms with Crippen molar-refractivity contribution in [3.63, 3.8) is 0 Å². The number of nitrogens with zero attached hydrogens (tertiary/aromatic N) is 3. The summed E-state index contributed by atoms with van der Waals surface area (Å²) in [6.45, 7) is 0.736. The molecule has 1 aromatic rings. The van der Waals surface area contributed by atoms with Gasteiger partial charge < -0.3 is 14.4 Å². The zero-order chi connectivity index (χ0) is 9.26. The first-order valence-corrected chi connectivity index (χ1v) is 4.42. The quantitative estimate of drug-likeness (QED) is 0.702. The van der Waals surface area contributed by atoms with E-state index in [1.54, 1.807) is 10.9 Å². The Hall–Kier alpha value is -0.940. The van der Waals surface area contributed by atoms with Crippen LogP contribution in [0.5, 0.6) is 0 Å². The SMILES string of the molecule is Cn1cnnc1C(O)C1CCCO1. The molecule has 0 saturated carbocycles. The van der Waals surface area contributed by atoms with Crippen LogP contribution in [0.3, 0.4) is 0 Å². The molecule has 1 saturated heterocycles. The summed E-state index contributed by atoms with van der Waals surface area (Å²) in [6.07, 6.45) is 2.74. The Morgan fingerprint density at radius 2 is 2.62 bits per heavy atom. The fourth-order valence-electron chi connectivity index (χ4n) is 1.58. The molecule has 2 heterocycles. The van der Waals surface area contributed by atoms with E-state index in [9.17, 15) is 5.11 Å². The monoisotopic (exact) mass is 183 g/mol. The van der Waals surface area contributed by atoms with Gasteiger partial charge in [0.2, 0.25) is 0 Å². The minimum Gasteiger partial charge on any atom is -0.382 e. The van der Waals surface area contributed by atoms with Crippen LogP contribution in [0.4, 0.5) is 0 Å². The van der Waals surface area contributed by atoms with Crippen molar-refractivity contribution in [1.29, 1.82) is 0 Å². The molecule has 13 heavy (non-hydrogen) atoms. The third-order valence-electron chi connectivity index (χ3n) is 2.33. The van der Waals surface area contributed by atoms with Crippen LogP contribution in [0.2, 0.25) is 0 Å². The molecule has 2 rings (SSSR count). The van der Waals surface area contributed by atoms with Crippen LogP contribution < -0.4 is 0 Å². The number of aliphatic hydroxyl groups is 1. The van der Waals surface area contributed by atoms with Crippen LogP contribution in [-0.4, -0.2) is 32.6 Å². The number of aliphatic hydroxyl groups excluding tert-OH is 1. The maximum absolute atomic E-state index is 9.84. The number of hydrogen-bond donors (Lipinski definition) is 1. The molecule has 0 radical (unpaired) electrons. The highest BCUT2D eigenvalue weighted by Crippen LogP contribution is 2.24. The Morgan fingerprint density at radius 1 is 1.77 bits per heavy atom. The summed E-state index contributed by atoms with van der Waals surface area (Å²) in [6, 6.07) is 0. The lowest BCUT2D eigenvalue weighted by Crippen LogP contribution is -2.20. The molecule has 1 N–H and O–H groups in total. The summed E-state index contributed by atoms with van der Waals surface area (Å²) >= 11 is 0. The maximum atomic E-state index is 9.84. The first kappa shape index (κ1) is 8.65. The van der Waals surface area contributed by atoms with Crippen molar-refractivity contribution in [3.05, 3.63) is 12.2 Å². The largest absolute Gasteiger partial charge is 0.382 e. The number of rotatable bonds is 2. The molecule has 0 aliphatic carbocycles. The Kier molecular flexibility index (Phi) is 2.28. The van der Waals surface area contributed by atoms with E-state index >= 15 is 0 Å². The van der Waals surface area contributed by atoms with Crippen molar-refractivity contribution in [3.8, 4) is 0 Å². The van der Waals surface area contributed by atoms with Crippen molar-refractivity contribution in [2.75, 3.05) is 6.61 Å². The molecule has 5 nitrogen and oxygen atoms in total. The summed E-state index contributed by atoms with van der Waals surface area (Å²) in [5.74, 6) is 0.576. The molecule has 0 aromatic carbocycles. The zero-order valence-corrected chi connectivity index (χ0v) is 7.55. The fraction of sp³-hybridized carbons (Fsp3) is 0.750. The van der Waals surface area contributed by atoms with E-state index in [-0.39, 0.29) is 6.10 Å². The van der Waals surface area contributed by atoms with E-state index in [2.05, 4.69) is 10.2 Å². The van der Waals surface area contributed by atoms with E-state index < -0.39 is 6.10 Å². The van der Waals surface area contributed by atoms with Crippen molar-refractivity contribution in [2.24, 2.45) is 7.05 Å². The highest BCUT2D eigenvalue weighted by Gasteiger charge is 2.28. The first-order valence-electron chi connectivity index (χ1n) is 4.42. The Labute approximate surface area is 76.3 Å². The Bertz CT molecular complexity index is 281. The molecule has 2 unspecified atom stereocenters. The Morgan fingerprint density at radius 3 is 3.15 bits per heavy atom. The highest BCUT2D eigenvalue weighted by molar-refractivity contribution is 4.94. The van der Waals surface area contributed by atoms with E-state index in [1.165, 1.54) is 0 Å². The predicted molar refractivity (Wildman–Crippen MR) is 44.9 cm³/mol. The molecular weight excluding hydrogens is 170 g/mol. The smallest absolute Gasteiger partial charge is 0.164 e. The standard InChI is InChI=1S/C8H13N3O2/c1-11-5-9-10-8(11)7(12)6-3-2-4-13-6/h5-7,12H,2-4H2,1H3. The summed E-state index contributed by atoms with van der Waals surface area (Å²) < 4.78 is 7.08. The van der Waals surface area contributed by atoms with Gasteiger partial charge in [-0.3, -0.25) is 0 Å². The molecule has 0 bridgehead atoms. The molecule has 1 aliphatic heterocycles. The van der Waals surface area contributed by atoms with Crippen LogP contribution in [-0.2, 0) is 11.8 Å². The van der Waals surface area contributed by atoms with Crippen LogP contribution >= 0.6 is 0 Å². The summed E-state index contributed by atoms with van der Waals surface area (Å²) in [5, 5.41) is 17.4. The van der Waals surface area contributed by atoms with Crippen molar-refractivity contribution >= 4 is 0 Å². The van der Waals surface area contributed by atoms with Gasteiger partial charge in [0.15, 0.2) is 5.82 Å². The molecule has 0 spiro atoms. The van der Waals surface area contributed by atoms with Crippen LogP contribution in [0.25, 0.3) is 0 Å². The first-order chi connectivity index (χ1) is 6.29. The number of aromatic nitrogens is 3. The minimum absolute atomic E-state index is 0.108. The van der Waals surface area contributed by atoms with E-state index in [4.69, 9.17) is 4.74 Å². The second kappa shape index (κ2) is 3.43. The van der Waals surface area contributed by atoms with E-state index in [0.29, 0.717) is 5.82 Å². The molecule has 5 heteroatoms. The van der Waals surface area contributed by atoms with Gasteiger partial charge in [-0.1, -0.05) is 0 Å². The Balaban J connectivity index is 2.12. The van der Waals surface area contributed by atoms with Crippen molar-refractivity contribution < 1.29 is 9.84 Å². The lowest BCUT2D eigenvalue weighted by atomic mass is 10.1. The van der Waals surface area contributed by atoms with Gasteiger partial charge in [0.1, 0.15) is 12.4 Å². The topological polar surface area (TPSA) is 60.2 Å². The average Bonchev–Trinajstić information content (AvgIpc) is 2.72. The normalized spacial score (nSPS) is 24.9. The van der Waals surface area contributed by atoms with Gasteiger partial charge in [-0.15, -0.1) is 10.2 Å². The molecule has 0 amide bonds. The fourth-order valence-corrected chi connectivity index (χ4v) is 1.58. The summed E-state index contributed by atoms with van der Waals surface area (Å²) in [7, 11) is 1.81. The third kappa shape index (κ3) is 1.57. The average molecular weight is 183 g/mol. The second-order valence-corrected chi connectivity index (χ2v) is 3.30. The minimum atomic E-state index is -0.644. The summed E-state index contributed by atoms with van der Waals surface area (Å²) in [4.78, 5) is 0. The number of hydrogen-bond acceptors (Lipinski definition) is 4. The van der Waals surface area contributed by atoms with Gasteiger partial charge in [0, 0.05) is 13.7 Å². The lowest BCUT2D eigenvalue weighted by molar-refractivity contribution is -0.00845. The highest BCUT2D eigenvalue weighted by atomic mass is 16.5. The van der Waals surface area contributed by atoms with Gasteiger partial charge in [-0.05, 0) is 12.8 Å². The molecule has 2 atom stereocenters.